The zero-order valence-corrected chi connectivity index (χ0v) is 9.30. The molecule has 0 amide bonds. The molecule has 2 heterocycles. The van der Waals surface area contributed by atoms with E-state index in [9.17, 15) is 0 Å². The number of piperidine rings is 1. The Bertz CT molecular complexity index is 320. The average molecular weight is 219 g/mol. The Morgan fingerprint density at radius 2 is 2.62 bits per heavy atom. The molecule has 16 heavy (non-hydrogen) atoms. The minimum Gasteiger partial charge on any atom is -0.395 e. The van der Waals surface area contributed by atoms with Crippen molar-refractivity contribution in [3.63, 3.8) is 0 Å². The molecule has 4 nitrogen and oxygen atoms in total. The molecule has 1 aliphatic heterocycles. The summed E-state index contributed by atoms with van der Waals surface area (Å²) in [7, 11) is 0. The second-order valence-corrected chi connectivity index (χ2v) is 4.03. The SMILES string of the molecule is C(=N\OCC1CCCNC1)/c1cccnc1. The highest BCUT2D eigenvalue weighted by Gasteiger charge is 2.12. The van der Waals surface area contributed by atoms with Crippen LogP contribution in [0.4, 0.5) is 0 Å². The van der Waals surface area contributed by atoms with Crippen molar-refractivity contribution in [3.8, 4) is 0 Å². The van der Waals surface area contributed by atoms with Crippen molar-refractivity contribution < 1.29 is 4.84 Å². The molecule has 86 valence electrons. The normalized spacial score (nSPS) is 21.1. The predicted octanol–water partition coefficient (Wildman–Crippen LogP) is 1.43. The fraction of sp³-hybridized carbons (Fsp3) is 0.500. The van der Waals surface area contributed by atoms with Crippen molar-refractivity contribution in [2.45, 2.75) is 12.8 Å². The van der Waals surface area contributed by atoms with E-state index in [1.807, 2.05) is 12.1 Å². The van der Waals surface area contributed by atoms with Crippen molar-refractivity contribution >= 4 is 6.21 Å². The van der Waals surface area contributed by atoms with Crippen molar-refractivity contribution in [3.05, 3.63) is 30.1 Å². The highest BCUT2D eigenvalue weighted by Crippen LogP contribution is 2.09. The van der Waals surface area contributed by atoms with Crippen molar-refractivity contribution in [2.24, 2.45) is 11.1 Å². The van der Waals surface area contributed by atoms with Gasteiger partial charge < -0.3 is 10.2 Å². The van der Waals surface area contributed by atoms with E-state index in [0.29, 0.717) is 12.5 Å². The van der Waals surface area contributed by atoms with E-state index in [1.165, 1.54) is 12.8 Å². The smallest absolute Gasteiger partial charge is 0.121 e. The molecule has 2 rings (SSSR count). The summed E-state index contributed by atoms with van der Waals surface area (Å²) in [6.45, 7) is 2.88. The predicted molar refractivity (Wildman–Crippen MR) is 63.4 cm³/mol. The Labute approximate surface area is 95.7 Å². The third-order valence-electron chi connectivity index (χ3n) is 2.67. The maximum atomic E-state index is 5.28. The van der Waals surface area contributed by atoms with Gasteiger partial charge in [-0.25, -0.2) is 0 Å². The van der Waals surface area contributed by atoms with E-state index in [2.05, 4.69) is 15.5 Å². The molecule has 0 aliphatic carbocycles. The molecule has 0 spiro atoms. The third-order valence-corrected chi connectivity index (χ3v) is 2.67. The van der Waals surface area contributed by atoms with E-state index in [4.69, 9.17) is 4.84 Å². The summed E-state index contributed by atoms with van der Waals surface area (Å²) in [5, 5.41) is 7.29. The first-order valence-corrected chi connectivity index (χ1v) is 5.71. The number of nitrogens with zero attached hydrogens (tertiary/aromatic N) is 2. The van der Waals surface area contributed by atoms with Crippen molar-refractivity contribution in [1.82, 2.24) is 10.3 Å². The quantitative estimate of drug-likeness (QED) is 0.615. The fourth-order valence-electron chi connectivity index (χ4n) is 1.77. The minimum absolute atomic E-state index is 0.597. The van der Waals surface area contributed by atoms with Gasteiger partial charge in [-0.3, -0.25) is 4.98 Å². The van der Waals surface area contributed by atoms with Gasteiger partial charge in [0.2, 0.25) is 0 Å². The van der Waals surface area contributed by atoms with Gasteiger partial charge in [0.15, 0.2) is 0 Å². The lowest BCUT2D eigenvalue weighted by Gasteiger charge is -2.20. The summed E-state index contributed by atoms with van der Waals surface area (Å²) in [5.41, 5.74) is 0.962. The molecule has 1 saturated heterocycles. The highest BCUT2D eigenvalue weighted by molar-refractivity contribution is 5.78. The molecular weight excluding hydrogens is 202 g/mol. The number of hydrogen-bond acceptors (Lipinski definition) is 4. The number of nitrogens with one attached hydrogen (secondary N) is 1. The van der Waals surface area contributed by atoms with Crippen LogP contribution in [0.25, 0.3) is 0 Å². The van der Waals surface area contributed by atoms with Crippen LogP contribution in [-0.4, -0.2) is 30.9 Å². The number of oxime groups is 1. The molecule has 1 unspecified atom stereocenters. The molecule has 0 radical (unpaired) electrons. The summed E-state index contributed by atoms with van der Waals surface area (Å²) < 4.78 is 0. The van der Waals surface area contributed by atoms with Crippen LogP contribution in [0.15, 0.2) is 29.7 Å². The molecule has 1 aromatic heterocycles. The Kier molecular flexibility index (Phi) is 4.31. The maximum Gasteiger partial charge on any atom is 0.121 e. The topological polar surface area (TPSA) is 46.5 Å². The van der Waals surface area contributed by atoms with Crippen LogP contribution in [0.1, 0.15) is 18.4 Å². The molecular formula is C12H17N3O. The van der Waals surface area contributed by atoms with Crippen LogP contribution in [0, 0.1) is 5.92 Å². The van der Waals surface area contributed by atoms with Gasteiger partial charge in [0.1, 0.15) is 6.61 Å². The number of hydrogen-bond donors (Lipinski definition) is 1. The first-order valence-electron chi connectivity index (χ1n) is 5.71. The van der Waals surface area contributed by atoms with Crippen LogP contribution in [0.5, 0.6) is 0 Å². The maximum absolute atomic E-state index is 5.28. The largest absolute Gasteiger partial charge is 0.395 e. The number of rotatable bonds is 4. The summed E-state index contributed by atoms with van der Waals surface area (Å²) >= 11 is 0. The fourth-order valence-corrected chi connectivity index (χ4v) is 1.77. The summed E-state index contributed by atoms with van der Waals surface area (Å²) in [6, 6.07) is 3.83. The Balaban J connectivity index is 1.69. The Morgan fingerprint density at radius 1 is 1.62 bits per heavy atom. The zero-order chi connectivity index (χ0) is 11.1. The van der Waals surface area contributed by atoms with E-state index >= 15 is 0 Å². The standard InChI is InChI=1S/C12H17N3O/c1-3-11(7-13-5-1)9-15-16-10-12-4-2-6-14-8-12/h1,3,5,7,9,12,14H,2,4,6,8,10H2/b15-9+. The van der Waals surface area contributed by atoms with Gasteiger partial charge in [-0.05, 0) is 25.5 Å². The van der Waals surface area contributed by atoms with Gasteiger partial charge in [0.05, 0.1) is 6.21 Å². The Hall–Kier alpha value is -1.42. The molecule has 1 N–H and O–H groups in total. The van der Waals surface area contributed by atoms with E-state index in [0.717, 1.165) is 18.7 Å². The molecule has 1 fully saturated rings. The molecule has 4 heteroatoms. The molecule has 0 bridgehead atoms. The number of aromatic nitrogens is 1. The molecule has 1 atom stereocenters. The second kappa shape index (κ2) is 6.23. The lowest BCUT2D eigenvalue weighted by Crippen LogP contribution is -2.31. The van der Waals surface area contributed by atoms with Crippen LogP contribution < -0.4 is 5.32 Å². The zero-order valence-electron chi connectivity index (χ0n) is 9.30. The van der Waals surface area contributed by atoms with Gasteiger partial charge in [-0.2, -0.15) is 0 Å². The minimum atomic E-state index is 0.597. The third kappa shape index (κ3) is 3.62. The second-order valence-electron chi connectivity index (χ2n) is 4.03. The first kappa shape index (κ1) is 11.1. The molecule has 0 aromatic carbocycles. The van der Waals surface area contributed by atoms with Crippen LogP contribution in [0.3, 0.4) is 0 Å². The van der Waals surface area contributed by atoms with E-state index in [-0.39, 0.29) is 0 Å². The summed E-state index contributed by atoms with van der Waals surface area (Å²) in [5.74, 6) is 0.597. The van der Waals surface area contributed by atoms with E-state index < -0.39 is 0 Å². The Morgan fingerprint density at radius 3 is 3.38 bits per heavy atom. The van der Waals surface area contributed by atoms with Gasteiger partial charge in [-0.1, -0.05) is 11.2 Å². The average Bonchev–Trinajstić information content (AvgIpc) is 2.37. The summed E-state index contributed by atoms with van der Waals surface area (Å²) in [4.78, 5) is 9.28. The molecule has 0 saturated carbocycles. The molecule has 1 aliphatic rings. The van der Waals surface area contributed by atoms with Crippen molar-refractivity contribution in [2.75, 3.05) is 19.7 Å². The lowest BCUT2D eigenvalue weighted by molar-refractivity contribution is 0.0978. The van der Waals surface area contributed by atoms with E-state index in [1.54, 1.807) is 18.6 Å². The van der Waals surface area contributed by atoms with Gasteiger partial charge in [0, 0.05) is 30.4 Å². The van der Waals surface area contributed by atoms with Crippen LogP contribution in [-0.2, 0) is 4.84 Å². The molecule has 1 aromatic rings. The summed E-state index contributed by atoms with van der Waals surface area (Å²) in [6.07, 6.45) is 7.67. The highest BCUT2D eigenvalue weighted by atomic mass is 16.6. The van der Waals surface area contributed by atoms with Gasteiger partial charge in [0.25, 0.3) is 0 Å². The van der Waals surface area contributed by atoms with Crippen LogP contribution >= 0.6 is 0 Å². The monoisotopic (exact) mass is 219 g/mol. The van der Waals surface area contributed by atoms with Gasteiger partial charge in [-0.15, -0.1) is 0 Å². The lowest BCUT2D eigenvalue weighted by atomic mass is 10.0. The van der Waals surface area contributed by atoms with Gasteiger partial charge >= 0.3 is 0 Å². The number of pyridine rings is 1. The van der Waals surface area contributed by atoms with Crippen molar-refractivity contribution in [1.29, 1.82) is 0 Å². The van der Waals surface area contributed by atoms with Crippen LogP contribution in [0.2, 0.25) is 0 Å². The first-order chi connectivity index (χ1) is 7.95.